The smallest absolute Gasteiger partial charge is 0.263 e. The molecule has 28 heavy (non-hydrogen) atoms. The van der Waals surface area contributed by atoms with Gasteiger partial charge < -0.3 is 0 Å². The number of aryl methyl sites for hydroxylation is 3. The lowest BCUT2D eigenvalue weighted by atomic mass is 10.0. The normalized spacial score (nSPS) is 10.9. The molecule has 0 fully saturated rings. The third-order valence-electron chi connectivity index (χ3n) is 4.92. The average molecular weight is 385 g/mol. The molecule has 2 aromatic carbocycles. The predicted octanol–water partition coefficient (Wildman–Crippen LogP) is 4.97. The summed E-state index contributed by atoms with van der Waals surface area (Å²) in [5.41, 5.74) is 4.65. The molecule has 138 valence electrons. The van der Waals surface area contributed by atoms with Crippen molar-refractivity contribution in [2.75, 3.05) is 0 Å². The second-order valence-corrected chi connectivity index (χ2v) is 8.15. The van der Waals surface area contributed by atoms with Crippen molar-refractivity contribution < 1.29 is 0 Å². The lowest BCUT2D eigenvalue weighted by Crippen LogP contribution is -2.24. The van der Waals surface area contributed by atoms with Crippen LogP contribution in [0.15, 0.2) is 53.3 Å². The zero-order chi connectivity index (χ0) is 19.8. The molecule has 0 saturated carbocycles. The second kappa shape index (κ2) is 7.06. The highest BCUT2D eigenvalue weighted by atomic mass is 32.1. The first-order valence-electron chi connectivity index (χ1n) is 9.04. The number of aromatic nitrogens is 2. The average Bonchev–Trinajstić information content (AvgIpc) is 3.02. The van der Waals surface area contributed by atoms with Gasteiger partial charge >= 0.3 is 0 Å². The molecule has 2 aromatic heterocycles. The van der Waals surface area contributed by atoms with E-state index in [9.17, 15) is 4.79 Å². The van der Waals surface area contributed by atoms with Gasteiger partial charge in [0.1, 0.15) is 10.7 Å². The Bertz CT molecular complexity index is 1290. The van der Waals surface area contributed by atoms with Crippen LogP contribution in [-0.4, -0.2) is 9.55 Å². The summed E-state index contributed by atoms with van der Waals surface area (Å²) in [6.07, 6.45) is 0. The molecular weight excluding hydrogens is 366 g/mol. The highest BCUT2D eigenvalue weighted by Gasteiger charge is 2.18. The van der Waals surface area contributed by atoms with E-state index >= 15 is 0 Å². The zero-order valence-corrected chi connectivity index (χ0v) is 16.8. The van der Waals surface area contributed by atoms with Gasteiger partial charge in [0, 0.05) is 10.4 Å². The van der Waals surface area contributed by atoms with Crippen molar-refractivity contribution in [2.45, 2.75) is 27.3 Å². The van der Waals surface area contributed by atoms with E-state index in [4.69, 9.17) is 10.2 Å². The third-order valence-corrected chi connectivity index (χ3v) is 5.91. The maximum absolute atomic E-state index is 13.4. The molecule has 0 spiro atoms. The van der Waals surface area contributed by atoms with Crippen LogP contribution in [0.3, 0.4) is 0 Å². The van der Waals surface area contributed by atoms with Crippen molar-refractivity contribution in [2.24, 2.45) is 0 Å². The monoisotopic (exact) mass is 385 g/mol. The summed E-state index contributed by atoms with van der Waals surface area (Å²) in [4.78, 5) is 20.0. The number of hydrogen-bond donors (Lipinski definition) is 0. The van der Waals surface area contributed by atoms with Gasteiger partial charge in [0.25, 0.3) is 5.56 Å². The third kappa shape index (κ3) is 3.12. The van der Waals surface area contributed by atoms with E-state index in [0.717, 1.165) is 26.4 Å². The van der Waals surface area contributed by atoms with E-state index in [0.29, 0.717) is 23.3 Å². The van der Waals surface area contributed by atoms with E-state index in [1.54, 1.807) is 22.0 Å². The lowest BCUT2D eigenvalue weighted by Gasteiger charge is -2.11. The number of rotatable bonds is 3. The molecule has 0 unspecified atom stereocenters. The fourth-order valence-corrected chi connectivity index (χ4v) is 4.55. The van der Waals surface area contributed by atoms with Gasteiger partial charge in [-0.15, -0.1) is 11.3 Å². The van der Waals surface area contributed by atoms with Gasteiger partial charge in [-0.25, -0.2) is 4.98 Å². The van der Waals surface area contributed by atoms with Crippen LogP contribution in [0.4, 0.5) is 0 Å². The lowest BCUT2D eigenvalue weighted by molar-refractivity contribution is 0.714. The molecule has 0 atom stereocenters. The minimum atomic E-state index is -0.0372. The van der Waals surface area contributed by atoms with E-state index < -0.39 is 0 Å². The minimum absolute atomic E-state index is 0.0372. The molecule has 4 rings (SSSR count). The fourth-order valence-electron chi connectivity index (χ4n) is 3.47. The SMILES string of the molecule is Cc1ccc(-c2c(C)sc3nc(C)n(Cc4cccc(C#N)c4)c(=O)c23)cc1. The molecule has 0 aliphatic carbocycles. The Morgan fingerprint density at radius 1 is 1.11 bits per heavy atom. The number of thiophene rings is 1. The van der Waals surface area contributed by atoms with Crippen LogP contribution in [0, 0.1) is 32.1 Å². The molecule has 4 nitrogen and oxygen atoms in total. The molecule has 2 heterocycles. The van der Waals surface area contributed by atoms with Crippen LogP contribution in [0.5, 0.6) is 0 Å². The Kier molecular flexibility index (Phi) is 4.58. The summed E-state index contributed by atoms with van der Waals surface area (Å²) in [7, 11) is 0. The Hall–Kier alpha value is -3.23. The molecule has 0 aliphatic rings. The summed E-state index contributed by atoms with van der Waals surface area (Å²) in [6, 6.07) is 17.7. The summed E-state index contributed by atoms with van der Waals surface area (Å²) >= 11 is 1.56. The quantitative estimate of drug-likeness (QED) is 0.500. The van der Waals surface area contributed by atoms with Crippen molar-refractivity contribution in [3.8, 4) is 17.2 Å². The summed E-state index contributed by atoms with van der Waals surface area (Å²) in [5, 5.41) is 9.81. The van der Waals surface area contributed by atoms with Gasteiger partial charge in [-0.05, 0) is 44.0 Å². The van der Waals surface area contributed by atoms with E-state index in [2.05, 4.69) is 37.3 Å². The molecule has 0 N–H and O–H groups in total. The Balaban J connectivity index is 1.91. The molecule has 0 bridgehead atoms. The highest BCUT2D eigenvalue weighted by Crippen LogP contribution is 2.35. The van der Waals surface area contributed by atoms with Gasteiger partial charge in [0.05, 0.1) is 23.6 Å². The van der Waals surface area contributed by atoms with Crippen LogP contribution in [0.25, 0.3) is 21.3 Å². The fraction of sp³-hybridized carbons (Fsp3) is 0.174. The maximum Gasteiger partial charge on any atom is 0.263 e. The molecule has 0 saturated heterocycles. The van der Waals surface area contributed by atoms with Crippen LogP contribution in [-0.2, 0) is 6.54 Å². The summed E-state index contributed by atoms with van der Waals surface area (Å²) < 4.78 is 1.70. The largest absolute Gasteiger partial charge is 0.292 e. The van der Waals surface area contributed by atoms with Gasteiger partial charge in [-0.3, -0.25) is 9.36 Å². The van der Waals surface area contributed by atoms with Crippen LogP contribution >= 0.6 is 11.3 Å². The van der Waals surface area contributed by atoms with Crippen molar-refractivity contribution >= 4 is 21.6 Å². The first-order valence-corrected chi connectivity index (χ1v) is 9.86. The van der Waals surface area contributed by atoms with Gasteiger partial charge in [-0.1, -0.05) is 42.0 Å². The second-order valence-electron chi connectivity index (χ2n) is 6.94. The standard InChI is InChI=1S/C23H19N3OS/c1-14-7-9-19(10-8-14)20-15(2)28-22-21(20)23(27)26(16(3)25-22)13-18-6-4-5-17(11-18)12-24/h4-11H,13H2,1-3H3. The first kappa shape index (κ1) is 18.1. The molecule has 0 aliphatic heterocycles. The predicted molar refractivity (Wildman–Crippen MR) is 114 cm³/mol. The first-order chi connectivity index (χ1) is 13.5. The van der Waals surface area contributed by atoms with Crippen molar-refractivity contribution in [1.82, 2.24) is 9.55 Å². The van der Waals surface area contributed by atoms with Gasteiger partial charge in [0.15, 0.2) is 0 Å². The Morgan fingerprint density at radius 2 is 1.86 bits per heavy atom. The van der Waals surface area contributed by atoms with Crippen LogP contribution in [0.2, 0.25) is 0 Å². The van der Waals surface area contributed by atoms with E-state index in [-0.39, 0.29) is 5.56 Å². The van der Waals surface area contributed by atoms with Gasteiger partial charge in [-0.2, -0.15) is 5.26 Å². The Morgan fingerprint density at radius 3 is 2.57 bits per heavy atom. The summed E-state index contributed by atoms with van der Waals surface area (Å²) in [6.45, 7) is 6.34. The van der Waals surface area contributed by atoms with E-state index in [1.165, 1.54) is 5.56 Å². The molecule has 4 aromatic rings. The molecular formula is C23H19N3OS. The van der Waals surface area contributed by atoms with E-state index in [1.807, 2.05) is 32.0 Å². The topological polar surface area (TPSA) is 58.7 Å². The number of hydrogen-bond acceptors (Lipinski definition) is 4. The minimum Gasteiger partial charge on any atom is -0.292 e. The van der Waals surface area contributed by atoms with Crippen molar-refractivity contribution in [3.05, 3.63) is 86.3 Å². The van der Waals surface area contributed by atoms with Gasteiger partial charge in [0.2, 0.25) is 0 Å². The van der Waals surface area contributed by atoms with Crippen molar-refractivity contribution in [3.63, 3.8) is 0 Å². The zero-order valence-electron chi connectivity index (χ0n) is 16.0. The highest BCUT2D eigenvalue weighted by molar-refractivity contribution is 7.19. The molecule has 5 heteroatoms. The number of fused-ring (bicyclic) bond motifs is 1. The summed E-state index contributed by atoms with van der Waals surface area (Å²) in [5.74, 6) is 0.677. The van der Waals surface area contributed by atoms with Crippen LogP contribution in [0.1, 0.15) is 27.4 Å². The maximum atomic E-state index is 13.4. The number of benzene rings is 2. The number of nitrogens with zero attached hydrogens (tertiary/aromatic N) is 3. The Labute approximate surface area is 167 Å². The molecule has 0 radical (unpaired) electrons. The van der Waals surface area contributed by atoms with Crippen LogP contribution < -0.4 is 5.56 Å². The number of nitriles is 1. The van der Waals surface area contributed by atoms with Crippen molar-refractivity contribution in [1.29, 1.82) is 5.26 Å². The molecule has 0 amide bonds.